The van der Waals surface area contributed by atoms with Gasteiger partial charge in [-0.1, -0.05) is 27.2 Å². The van der Waals surface area contributed by atoms with Crippen LogP contribution in [0.25, 0.3) is 0 Å². The Balaban J connectivity index is 1.84. The number of amides is 2. The minimum atomic E-state index is -0.226. The molecule has 0 spiro atoms. The highest BCUT2D eigenvalue weighted by Crippen LogP contribution is 2.54. The van der Waals surface area contributed by atoms with Gasteiger partial charge in [0, 0.05) is 25.1 Å². The van der Waals surface area contributed by atoms with E-state index in [0.29, 0.717) is 29.2 Å². The van der Waals surface area contributed by atoms with Crippen molar-refractivity contribution in [1.29, 1.82) is 0 Å². The van der Waals surface area contributed by atoms with Crippen LogP contribution in [0.15, 0.2) is 12.1 Å². The zero-order valence-electron chi connectivity index (χ0n) is 15.7. The quantitative estimate of drug-likeness (QED) is 0.863. The normalized spacial score (nSPS) is 25.7. The van der Waals surface area contributed by atoms with E-state index in [-0.39, 0.29) is 29.4 Å². The molecule has 136 valence electrons. The maximum absolute atomic E-state index is 12.8. The van der Waals surface area contributed by atoms with Gasteiger partial charge in [-0.05, 0) is 42.4 Å². The molecule has 2 aliphatic rings. The summed E-state index contributed by atoms with van der Waals surface area (Å²) in [6, 6.07) is 3.71. The molecule has 5 heteroatoms. The van der Waals surface area contributed by atoms with Crippen LogP contribution in [-0.4, -0.2) is 31.0 Å². The smallest absolute Gasteiger partial charge is 0.254 e. The predicted molar refractivity (Wildman–Crippen MR) is 97.1 cm³/mol. The number of carbonyl (C=O) groups excluding carboxylic acids is 2. The third-order valence-electron chi connectivity index (χ3n) is 5.66. The zero-order chi connectivity index (χ0) is 18.4. The van der Waals surface area contributed by atoms with Crippen LogP contribution in [0.3, 0.4) is 0 Å². The highest BCUT2D eigenvalue weighted by Gasteiger charge is 2.57. The number of carbonyl (C=O) groups is 2. The largest absolute Gasteiger partial charge is 0.489 e. The number of hydrogen-bond donors (Lipinski definition) is 2. The first-order valence-corrected chi connectivity index (χ1v) is 9.16. The lowest BCUT2D eigenvalue weighted by Gasteiger charge is -2.12. The molecular weight excluding hydrogens is 316 g/mol. The van der Waals surface area contributed by atoms with Crippen molar-refractivity contribution in [3.8, 4) is 5.75 Å². The van der Waals surface area contributed by atoms with Crippen LogP contribution >= 0.6 is 0 Å². The lowest BCUT2D eigenvalue weighted by molar-refractivity contribution is 0.0945. The van der Waals surface area contributed by atoms with Gasteiger partial charge in [-0.2, -0.15) is 0 Å². The van der Waals surface area contributed by atoms with Gasteiger partial charge in [0.25, 0.3) is 11.8 Å². The molecule has 0 bridgehead atoms. The van der Waals surface area contributed by atoms with Gasteiger partial charge in [0.05, 0.1) is 5.56 Å². The van der Waals surface area contributed by atoms with Gasteiger partial charge in [-0.3, -0.25) is 9.59 Å². The number of nitrogens with one attached hydrogen (secondary N) is 2. The van der Waals surface area contributed by atoms with Crippen molar-refractivity contribution < 1.29 is 14.3 Å². The summed E-state index contributed by atoms with van der Waals surface area (Å²) < 4.78 is 5.78. The summed E-state index contributed by atoms with van der Waals surface area (Å²) in [6.07, 6.45) is 2.98. The van der Waals surface area contributed by atoms with E-state index in [2.05, 4.69) is 31.4 Å². The topological polar surface area (TPSA) is 67.4 Å². The number of benzene rings is 1. The Morgan fingerprint density at radius 2 is 2.00 bits per heavy atom. The molecular formula is C20H28N2O3. The average molecular weight is 344 g/mol. The highest BCUT2D eigenvalue weighted by molar-refractivity contribution is 6.02. The summed E-state index contributed by atoms with van der Waals surface area (Å²) >= 11 is 0. The number of rotatable bonds is 5. The Morgan fingerprint density at radius 3 is 2.64 bits per heavy atom. The molecule has 25 heavy (non-hydrogen) atoms. The summed E-state index contributed by atoms with van der Waals surface area (Å²) in [7, 11) is 1.59. The summed E-state index contributed by atoms with van der Waals surface area (Å²) in [5.74, 6) is 0.802. The van der Waals surface area contributed by atoms with Gasteiger partial charge in [0.1, 0.15) is 11.9 Å². The molecule has 1 aliphatic carbocycles. The van der Waals surface area contributed by atoms with Crippen molar-refractivity contribution in [2.75, 3.05) is 7.05 Å². The molecule has 3 rings (SSSR count). The first-order valence-electron chi connectivity index (χ1n) is 9.16. The van der Waals surface area contributed by atoms with Gasteiger partial charge in [0.15, 0.2) is 0 Å². The van der Waals surface area contributed by atoms with Crippen molar-refractivity contribution >= 4 is 11.8 Å². The molecule has 5 nitrogen and oxygen atoms in total. The molecule has 1 saturated carbocycles. The maximum atomic E-state index is 12.8. The Hall–Kier alpha value is -2.04. The van der Waals surface area contributed by atoms with Crippen LogP contribution < -0.4 is 15.4 Å². The fourth-order valence-electron chi connectivity index (χ4n) is 4.07. The number of hydrogen-bond acceptors (Lipinski definition) is 3. The van der Waals surface area contributed by atoms with Crippen LogP contribution in [-0.2, 0) is 6.42 Å². The van der Waals surface area contributed by atoms with Crippen molar-refractivity contribution in [3.05, 3.63) is 28.8 Å². The SMILES string of the molecule is CCCC1C(NC(=O)c2cc3c(c(C(=O)NC)c2)OC(C)C3)C1(C)C. The summed E-state index contributed by atoms with van der Waals surface area (Å²) in [5, 5.41) is 5.80. The minimum Gasteiger partial charge on any atom is -0.489 e. The Morgan fingerprint density at radius 1 is 1.28 bits per heavy atom. The third kappa shape index (κ3) is 3.12. The van der Waals surface area contributed by atoms with Crippen LogP contribution in [0.1, 0.15) is 66.8 Å². The summed E-state index contributed by atoms with van der Waals surface area (Å²) in [6.45, 7) is 8.54. The standard InChI is InChI=1S/C20H28N2O3/c1-6-7-15-17(20(15,3)4)22-18(23)13-9-12-8-11(2)25-16(12)14(10-13)19(24)21-5/h9-11,15,17H,6-8H2,1-5H3,(H,21,24)(H,22,23). The lowest BCUT2D eigenvalue weighted by Crippen LogP contribution is -2.29. The maximum Gasteiger partial charge on any atom is 0.254 e. The second kappa shape index (κ2) is 6.36. The van der Waals surface area contributed by atoms with Crippen LogP contribution in [0, 0.1) is 11.3 Å². The van der Waals surface area contributed by atoms with Crippen molar-refractivity contribution in [1.82, 2.24) is 10.6 Å². The van der Waals surface area contributed by atoms with E-state index < -0.39 is 0 Å². The van der Waals surface area contributed by atoms with E-state index >= 15 is 0 Å². The fourth-order valence-corrected chi connectivity index (χ4v) is 4.07. The summed E-state index contributed by atoms with van der Waals surface area (Å²) in [4.78, 5) is 25.0. The van der Waals surface area contributed by atoms with E-state index in [1.54, 1.807) is 13.1 Å². The molecule has 3 atom stereocenters. The molecule has 0 saturated heterocycles. The van der Waals surface area contributed by atoms with Gasteiger partial charge >= 0.3 is 0 Å². The minimum absolute atomic E-state index is 0.0213. The zero-order valence-corrected chi connectivity index (χ0v) is 15.7. The predicted octanol–water partition coefficient (Wildman–Crippen LogP) is 2.92. The molecule has 1 aromatic carbocycles. The van der Waals surface area contributed by atoms with E-state index in [4.69, 9.17) is 4.74 Å². The molecule has 1 fully saturated rings. The number of ether oxygens (including phenoxy) is 1. The molecule has 0 radical (unpaired) electrons. The van der Waals surface area contributed by atoms with Crippen molar-refractivity contribution in [3.63, 3.8) is 0 Å². The van der Waals surface area contributed by atoms with Crippen LogP contribution in [0.2, 0.25) is 0 Å². The number of fused-ring (bicyclic) bond motifs is 1. The molecule has 0 aromatic heterocycles. The van der Waals surface area contributed by atoms with E-state index in [1.807, 2.05) is 13.0 Å². The van der Waals surface area contributed by atoms with Crippen molar-refractivity contribution in [2.45, 2.75) is 59.1 Å². The first kappa shape index (κ1) is 17.8. The Bertz CT molecular complexity index is 711. The molecule has 2 N–H and O–H groups in total. The van der Waals surface area contributed by atoms with Gasteiger partial charge in [-0.15, -0.1) is 0 Å². The van der Waals surface area contributed by atoms with Gasteiger partial charge < -0.3 is 15.4 Å². The van der Waals surface area contributed by atoms with E-state index in [1.165, 1.54) is 0 Å². The molecule has 1 aliphatic heterocycles. The van der Waals surface area contributed by atoms with Crippen molar-refractivity contribution in [2.24, 2.45) is 11.3 Å². The highest BCUT2D eigenvalue weighted by atomic mass is 16.5. The molecule has 1 aromatic rings. The Labute approximate surface area is 149 Å². The molecule has 3 unspecified atom stereocenters. The monoisotopic (exact) mass is 344 g/mol. The average Bonchev–Trinajstić information content (AvgIpc) is 2.90. The fraction of sp³-hybridized carbons (Fsp3) is 0.600. The third-order valence-corrected chi connectivity index (χ3v) is 5.66. The van der Waals surface area contributed by atoms with Gasteiger partial charge in [-0.25, -0.2) is 0 Å². The summed E-state index contributed by atoms with van der Waals surface area (Å²) in [5.41, 5.74) is 2.05. The second-order valence-corrected chi connectivity index (χ2v) is 7.89. The Kier molecular flexibility index (Phi) is 4.52. The van der Waals surface area contributed by atoms with Crippen LogP contribution in [0.4, 0.5) is 0 Å². The second-order valence-electron chi connectivity index (χ2n) is 7.89. The van der Waals surface area contributed by atoms with E-state index in [9.17, 15) is 9.59 Å². The molecule has 1 heterocycles. The molecule has 2 amide bonds. The lowest BCUT2D eigenvalue weighted by atomic mass is 10.0. The van der Waals surface area contributed by atoms with E-state index in [0.717, 1.165) is 18.4 Å². The van der Waals surface area contributed by atoms with Crippen LogP contribution in [0.5, 0.6) is 5.75 Å². The first-order chi connectivity index (χ1) is 11.8. The van der Waals surface area contributed by atoms with Gasteiger partial charge in [0.2, 0.25) is 0 Å².